The van der Waals surface area contributed by atoms with Crippen molar-refractivity contribution < 1.29 is 26.3 Å². The van der Waals surface area contributed by atoms with E-state index < -0.39 is 21.8 Å². The van der Waals surface area contributed by atoms with Crippen molar-refractivity contribution in [1.29, 1.82) is 0 Å². The van der Waals surface area contributed by atoms with Gasteiger partial charge in [-0.05, 0) is 46.3 Å². The molecular formula is C13H10BrF3N2O3S. The van der Waals surface area contributed by atoms with Crippen LogP contribution in [0.5, 0.6) is 5.88 Å². The first-order valence-corrected chi connectivity index (χ1v) is 8.31. The summed E-state index contributed by atoms with van der Waals surface area (Å²) in [5.74, 6) is 0.0312. The second-order valence-electron chi connectivity index (χ2n) is 4.34. The van der Waals surface area contributed by atoms with Gasteiger partial charge in [-0.2, -0.15) is 13.2 Å². The van der Waals surface area contributed by atoms with Crippen LogP contribution in [-0.2, 0) is 16.2 Å². The summed E-state index contributed by atoms with van der Waals surface area (Å²) in [6.07, 6.45) is -3.12. The highest BCUT2D eigenvalue weighted by molar-refractivity contribution is 9.10. The van der Waals surface area contributed by atoms with Gasteiger partial charge >= 0.3 is 6.18 Å². The van der Waals surface area contributed by atoms with Crippen LogP contribution in [0.15, 0.2) is 45.9 Å². The molecule has 0 aliphatic rings. The van der Waals surface area contributed by atoms with E-state index in [9.17, 15) is 21.6 Å². The van der Waals surface area contributed by atoms with E-state index in [2.05, 4.69) is 25.6 Å². The van der Waals surface area contributed by atoms with Crippen LogP contribution in [-0.4, -0.2) is 20.5 Å². The maximum atomic E-state index is 12.5. The molecule has 0 spiro atoms. The van der Waals surface area contributed by atoms with Gasteiger partial charge in [-0.25, -0.2) is 13.4 Å². The maximum Gasteiger partial charge on any atom is 0.416 e. The van der Waals surface area contributed by atoms with Gasteiger partial charge in [-0.15, -0.1) is 0 Å². The third-order valence-corrected chi connectivity index (χ3v) is 4.56. The molecule has 2 rings (SSSR count). The predicted octanol–water partition coefficient (Wildman–Crippen LogP) is 3.67. The first-order valence-electron chi connectivity index (χ1n) is 6.03. The van der Waals surface area contributed by atoms with Gasteiger partial charge in [0, 0.05) is 10.7 Å². The van der Waals surface area contributed by atoms with Gasteiger partial charge in [-0.1, -0.05) is 0 Å². The molecule has 0 atom stereocenters. The van der Waals surface area contributed by atoms with E-state index in [0.717, 1.165) is 12.1 Å². The Morgan fingerprint density at radius 1 is 1.22 bits per heavy atom. The molecule has 124 valence electrons. The lowest BCUT2D eigenvalue weighted by molar-refractivity contribution is -0.137. The van der Waals surface area contributed by atoms with Gasteiger partial charge in [0.2, 0.25) is 5.88 Å². The number of alkyl halides is 3. The maximum absolute atomic E-state index is 12.5. The molecule has 0 saturated carbocycles. The van der Waals surface area contributed by atoms with Gasteiger partial charge in [0.15, 0.2) is 0 Å². The number of hydrogen-bond donors (Lipinski definition) is 1. The van der Waals surface area contributed by atoms with Gasteiger partial charge in [-0.3, -0.25) is 4.72 Å². The van der Waals surface area contributed by atoms with Crippen LogP contribution in [0.1, 0.15) is 5.56 Å². The second kappa shape index (κ2) is 6.36. The Morgan fingerprint density at radius 3 is 2.35 bits per heavy atom. The molecule has 0 bridgehead atoms. The minimum Gasteiger partial charge on any atom is -0.479 e. The number of hydrogen-bond acceptors (Lipinski definition) is 4. The second-order valence-corrected chi connectivity index (χ2v) is 6.94. The lowest BCUT2D eigenvalue weighted by Gasteiger charge is -2.12. The first-order chi connectivity index (χ1) is 10.6. The molecule has 23 heavy (non-hydrogen) atoms. The summed E-state index contributed by atoms with van der Waals surface area (Å²) in [7, 11) is -2.77. The normalized spacial score (nSPS) is 12.0. The van der Waals surface area contributed by atoms with Gasteiger partial charge in [0.05, 0.1) is 17.6 Å². The number of aromatic nitrogens is 1. The SMILES string of the molecule is COc1ncc(Br)cc1NS(=O)(=O)c1ccc(C(F)(F)F)cc1. The molecule has 1 N–H and O–H groups in total. The molecular weight excluding hydrogens is 401 g/mol. The van der Waals surface area contributed by atoms with E-state index in [1.165, 1.54) is 19.4 Å². The Bertz CT molecular complexity index is 808. The quantitative estimate of drug-likeness (QED) is 0.834. The zero-order chi connectivity index (χ0) is 17.3. The zero-order valence-corrected chi connectivity index (χ0v) is 14.0. The average Bonchev–Trinajstić information content (AvgIpc) is 2.46. The molecule has 0 unspecified atom stereocenters. The minimum atomic E-state index is -4.53. The van der Waals surface area contributed by atoms with Crippen molar-refractivity contribution in [2.45, 2.75) is 11.1 Å². The van der Waals surface area contributed by atoms with Gasteiger partial charge < -0.3 is 4.74 Å². The Labute approximate surface area is 138 Å². The molecule has 1 aromatic heterocycles. The van der Waals surface area contributed by atoms with Crippen molar-refractivity contribution in [1.82, 2.24) is 4.98 Å². The van der Waals surface area contributed by atoms with Crippen molar-refractivity contribution in [2.24, 2.45) is 0 Å². The Hall–Kier alpha value is -1.81. The van der Waals surface area contributed by atoms with E-state index in [1.807, 2.05) is 0 Å². The van der Waals surface area contributed by atoms with E-state index >= 15 is 0 Å². The van der Waals surface area contributed by atoms with Gasteiger partial charge in [0.25, 0.3) is 10.0 Å². The van der Waals surface area contributed by atoms with Crippen LogP contribution in [0.2, 0.25) is 0 Å². The van der Waals surface area contributed by atoms with E-state index in [-0.39, 0.29) is 16.5 Å². The van der Waals surface area contributed by atoms with Gasteiger partial charge in [0.1, 0.15) is 5.69 Å². The van der Waals surface area contributed by atoms with E-state index in [1.54, 1.807) is 0 Å². The summed E-state index contributed by atoms with van der Waals surface area (Å²) in [6.45, 7) is 0. The lowest BCUT2D eigenvalue weighted by atomic mass is 10.2. The predicted molar refractivity (Wildman–Crippen MR) is 80.7 cm³/mol. The van der Waals surface area contributed by atoms with Crippen molar-refractivity contribution in [2.75, 3.05) is 11.8 Å². The fourth-order valence-corrected chi connectivity index (χ4v) is 3.07. The lowest BCUT2D eigenvalue weighted by Crippen LogP contribution is -2.14. The number of halogens is 4. The molecule has 1 aromatic carbocycles. The fourth-order valence-electron chi connectivity index (χ4n) is 1.69. The first kappa shape index (κ1) is 17.5. The number of benzene rings is 1. The summed E-state index contributed by atoms with van der Waals surface area (Å²) < 4.78 is 69.7. The van der Waals surface area contributed by atoms with Crippen LogP contribution in [0.4, 0.5) is 18.9 Å². The molecule has 0 radical (unpaired) electrons. The third-order valence-electron chi connectivity index (χ3n) is 2.75. The molecule has 0 amide bonds. The smallest absolute Gasteiger partial charge is 0.416 e. The van der Waals surface area contributed by atoms with Crippen molar-refractivity contribution in [3.05, 3.63) is 46.6 Å². The number of ether oxygens (including phenoxy) is 1. The highest BCUT2D eigenvalue weighted by Gasteiger charge is 2.30. The number of nitrogens with zero attached hydrogens (tertiary/aromatic N) is 1. The number of methoxy groups -OCH3 is 1. The van der Waals surface area contributed by atoms with Crippen molar-refractivity contribution >= 4 is 31.6 Å². The topological polar surface area (TPSA) is 68.3 Å². The average molecular weight is 411 g/mol. The summed E-state index contributed by atoms with van der Waals surface area (Å²) in [5.41, 5.74) is -0.875. The molecule has 10 heteroatoms. The van der Waals surface area contributed by atoms with Crippen LogP contribution in [0, 0.1) is 0 Å². The van der Waals surface area contributed by atoms with Crippen LogP contribution in [0.25, 0.3) is 0 Å². The van der Waals surface area contributed by atoms with Crippen LogP contribution < -0.4 is 9.46 Å². The summed E-state index contributed by atoms with van der Waals surface area (Å²) in [5, 5.41) is 0. The van der Waals surface area contributed by atoms with Crippen molar-refractivity contribution in [3.8, 4) is 5.88 Å². The largest absolute Gasteiger partial charge is 0.479 e. The number of pyridine rings is 1. The monoisotopic (exact) mass is 410 g/mol. The number of rotatable bonds is 4. The van der Waals surface area contributed by atoms with Crippen LogP contribution >= 0.6 is 15.9 Å². The van der Waals surface area contributed by atoms with E-state index in [0.29, 0.717) is 16.6 Å². The van der Waals surface area contributed by atoms with Crippen LogP contribution in [0.3, 0.4) is 0 Å². The Morgan fingerprint density at radius 2 is 1.83 bits per heavy atom. The highest BCUT2D eigenvalue weighted by Crippen LogP contribution is 2.31. The van der Waals surface area contributed by atoms with Crippen molar-refractivity contribution in [3.63, 3.8) is 0 Å². The molecule has 1 heterocycles. The molecule has 5 nitrogen and oxygen atoms in total. The molecule has 0 fully saturated rings. The number of sulfonamides is 1. The minimum absolute atomic E-state index is 0.0312. The standard InChI is InChI=1S/C13H10BrF3N2O3S/c1-22-12-11(6-9(14)7-18-12)19-23(20,21)10-4-2-8(3-5-10)13(15,16)17/h2-7,19H,1H3. The number of anilines is 1. The van der Waals surface area contributed by atoms with E-state index in [4.69, 9.17) is 4.74 Å². The molecule has 0 aliphatic carbocycles. The fraction of sp³-hybridized carbons (Fsp3) is 0.154. The Balaban J connectivity index is 2.34. The Kier molecular flexibility index (Phi) is 4.85. The summed E-state index contributed by atoms with van der Waals surface area (Å²) in [6, 6.07) is 4.58. The zero-order valence-electron chi connectivity index (χ0n) is 11.6. The summed E-state index contributed by atoms with van der Waals surface area (Å²) >= 11 is 3.14. The molecule has 2 aromatic rings. The number of nitrogens with one attached hydrogen (secondary N) is 1. The molecule has 0 saturated heterocycles. The third kappa shape index (κ3) is 4.14. The highest BCUT2D eigenvalue weighted by atomic mass is 79.9. The summed E-state index contributed by atoms with van der Waals surface area (Å²) in [4.78, 5) is 3.56. The molecule has 0 aliphatic heterocycles.